The summed E-state index contributed by atoms with van der Waals surface area (Å²) in [7, 11) is 2.03. The molecular formula is C20H23F2N3O3S. The molecule has 1 saturated heterocycles. The van der Waals surface area contributed by atoms with Gasteiger partial charge in [0.1, 0.15) is 12.0 Å². The van der Waals surface area contributed by atoms with Crippen molar-refractivity contribution in [1.29, 1.82) is 0 Å². The van der Waals surface area contributed by atoms with Gasteiger partial charge in [-0.3, -0.25) is 9.59 Å². The second-order valence-electron chi connectivity index (χ2n) is 6.62. The van der Waals surface area contributed by atoms with Crippen molar-refractivity contribution >= 4 is 35.3 Å². The number of aldehydes is 1. The first-order valence-electron chi connectivity index (χ1n) is 8.74. The Labute approximate surface area is 172 Å². The molecule has 1 aliphatic heterocycles. The number of thioether (sulfide) groups is 1. The molecule has 1 heterocycles. The highest BCUT2D eigenvalue weighted by atomic mass is 32.2. The molecule has 2 aromatic carbocycles. The summed E-state index contributed by atoms with van der Waals surface area (Å²) in [5.74, 6) is 1.82. The molecule has 4 N–H and O–H groups in total. The number of halogens is 2. The lowest BCUT2D eigenvalue weighted by Crippen LogP contribution is -2.51. The number of rotatable bonds is 7. The van der Waals surface area contributed by atoms with E-state index in [9.17, 15) is 18.4 Å². The Morgan fingerprint density at radius 1 is 1.28 bits per heavy atom. The summed E-state index contributed by atoms with van der Waals surface area (Å²) in [5.41, 5.74) is 6.95. The molecule has 1 amide bonds. The van der Waals surface area contributed by atoms with Gasteiger partial charge in [0, 0.05) is 34.4 Å². The number of nitrogens with two attached hydrogens (primary N) is 1. The Kier molecular flexibility index (Phi) is 7.98. The quantitative estimate of drug-likeness (QED) is 0.589. The van der Waals surface area contributed by atoms with Crippen LogP contribution in [0.2, 0.25) is 0 Å². The van der Waals surface area contributed by atoms with Crippen LogP contribution in [0.25, 0.3) is 0 Å². The summed E-state index contributed by atoms with van der Waals surface area (Å²) in [6.45, 7) is -0.674. The van der Waals surface area contributed by atoms with E-state index in [1.54, 1.807) is 6.07 Å². The predicted octanol–water partition coefficient (Wildman–Crippen LogP) is 3.65. The van der Waals surface area contributed by atoms with Gasteiger partial charge in [0.05, 0.1) is 11.3 Å². The van der Waals surface area contributed by atoms with Crippen LogP contribution in [0.15, 0.2) is 42.5 Å². The zero-order chi connectivity index (χ0) is 21.4. The fourth-order valence-electron chi connectivity index (χ4n) is 2.41. The van der Waals surface area contributed by atoms with Crippen molar-refractivity contribution in [2.45, 2.75) is 19.1 Å². The number of alkyl halides is 2. The largest absolute Gasteiger partial charge is 0.435 e. The van der Waals surface area contributed by atoms with E-state index < -0.39 is 12.5 Å². The van der Waals surface area contributed by atoms with Gasteiger partial charge in [0.25, 0.3) is 5.91 Å². The number of anilines is 2. The molecule has 1 aliphatic rings. The molecule has 2 aromatic rings. The third kappa shape index (κ3) is 6.72. The predicted molar refractivity (Wildman–Crippen MR) is 111 cm³/mol. The normalized spacial score (nSPS) is 14.2. The van der Waals surface area contributed by atoms with Crippen LogP contribution in [0.3, 0.4) is 0 Å². The maximum Gasteiger partial charge on any atom is 0.387 e. The zero-order valence-corrected chi connectivity index (χ0v) is 16.9. The standard InChI is InChI=1S/C15H12F2N2O3.C5H11NS/c16-15(17)22-11-3-1-2-10(7-11)19-13-5-4-9(8-20)6-12(13)14(18)21;1-5(6-2)3-7-4-5/h1-8,15,19H,(H2,18,21);6H,3-4H2,1-2H3. The lowest BCUT2D eigenvalue weighted by Gasteiger charge is -2.37. The minimum Gasteiger partial charge on any atom is -0.435 e. The minimum atomic E-state index is -2.93. The van der Waals surface area contributed by atoms with Crippen LogP contribution in [0.4, 0.5) is 20.2 Å². The molecular weight excluding hydrogens is 400 g/mol. The fraction of sp³-hybridized carbons (Fsp3) is 0.300. The lowest BCUT2D eigenvalue weighted by molar-refractivity contribution is -0.0498. The summed E-state index contributed by atoms with van der Waals surface area (Å²) in [4.78, 5) is 22.2. The highest BCUT2D eigenvalue weighted by Crippen LogP contribution is 2.28. The van der Waals surface area contributed by atoms with Gasteiger partial charge >= 0.3 is 6.61 Å². The monoisotopic (exact) mass is 423 g/mol. The van der Waals surface area contributed by atoms with E-state index >= 15 is 0 Å². The van der Waals surface area contributed by atoms with Crippen molar-refractivity contribution in [1.82, 2.24) is 5.32 Å². The van der Waals surface area contributed by atoms with Crippen molar-refractivity contribution in [2.24, 2.45) is 5.73 Å². The van der Waals surface area contributed by atoms with Gasteiger partial charge in [-0.25, -0.2) is 0 Å². The first kappa shape index (κ1) is 22.6. The number of hydrogen-bond donors (Lipinski definition) is 3. The summed E-state index contributed by atoms with van der Waals surface area (Å²) in [6.07, 6.45) is 0.591. The van der Waals surface area contributed by atoms with Crippen LogP contribution >= 0.6 is 11.8 Å². The van der Waals surface area contributed by atoms with E-state index in [1.807, 2.05) is 18.8 Å². The number of benzene rings is 2. The summed E-state index contributed by atoms with van der Waals surface area (Å²) >= 11 is 2.01. The van der Waals surface area contributed by atoms with Gasteiger partial charge in [-0.15, -0.1) is 0 Å². The maximum absolute atomic E-state index is 12.2. The number of ether oxygens (including phenoxy) is 1. The molecule has 156 valence electrons. The number of hydrogen-bond acceptors (Lipinski definition) is 6. The number of amides is 1. The van der Waals surface area contributed by atoms with Crippen molar-refractivity contribution in [2.75, 3.05) is 23.9 Å². The van der Waals surface area contributed by atoms with Crippen LogP contribution in [-0.2, 0) is 0 Å². The van der Waals surface area contributed by atoms with E-state index in [-0.39, 0.29) is 11.3 Å². The molecule has 1 fully saturated rings. The summed E-state index contributed by atoms with van der Waals surface area (Å²) < 4.78 is 28.7. The fourth-order valence-corrected chi connectivity index (χ4v) is 3.51. The molecule has 0 spiro atoms. The molecule has 0 unspecified atom stereocenters. The van der Waals surface area contributed by atoms with Crippen molar-refractivity contribution in [3.8, 4) is 5.75 Å². The number of nitrogens with one attached hydrogen (secondary N) is 2. The van der Waals surface area contributed by atoms with Crippen LogP contribution < -0.4 is 21.1 Å². The van der Waals surface area contributed by atoms with E-state index in [0.29, 0.717) is 28.8 Å². The average molecular weight is 423 g/mol. The molecule has 0 saturated carbocycles. The highest BCUT2D eigenvalue weighted by molar-refractivity contribution is 8.00. The van der Waals surface area contributed by atoms with E-state index in [2.05, 4.69) is 22.3 Å². The first-order valence-corrected chi connectivity index (χ1v) is 9.89. The third-order valence-corrected chi connectivity index (χ3v) is 5.91. The average Bonchev–Trinajstić information content (AvgIpc) is 2.66. The minimum absolute atomic E-state index is 0.0230. The first-order chi connectivity index (χ1) is 13.8. The van der Waals surface area contributed by atoms with Gasteiger partial charge in [-0.05, 0) is 44.3 Å². The Morgan fingerprint density at radius 2 is 2.00 bits per heavy atom. The zero-order valence-electron chi connectivity index (χ0n) is 16.1. The van der Waals surface area contributed by atoms with Gasteiger partial charge in [0.2, 0.25) is 0 Å². The molecule has 0 bridgehead atoms. The van der Waals surface area contributed by atoms with Crippen LogP contribution in [0.1, 0.15) is 27.6 Å². The molecule has 6 nitrogen and oxygen atoms in total. The topological polar surface area (TPSA) is 93.5 Å². The SMILES string of the molecule is CNC1(C)CSC1.NC(=O)c1cc(C=O)ccc1Nc1cccc(OC(F)F)c1. The van der Waals surface area contributed by atoms with Crippen molar-refractivity contribution < 1.29 is 23.1 Å². The molecule has 0 aromatic heterocycles. The molecule has 29 heavy (non-hydrogen) atoms. The molecule has 9 heteroatoms. The molecule has 0 aliphatic carbocycles. The maximum atomic E-state index is 12.2. The van der Waals surface area contributed by atoms with Crippen LogP contribution in [-0.4, -0.2) is 42.9 Å². The molecule has 3 rings (SSSR count). The second kappa shape index (κ2) is 10.2. The van der Waals surface area contributed by atoms with E-state index in [1.165, 1.54) is 47.9 Å². The Morgan fingerprint density at radius 3 is 2.48 bits per heavy atom. The lowest BCUT2D eigenvalue weighted by atomic mass is 10.1. The number of carbonyl (C=O) groups is 2. The highest BCUT2D eigenvalue weighted by Gasteiger charge is 2.29. The van der Waals surface area contributed by atoms with Gasteiger partial charge < -0.3 is 21.1 Å². The van der Waals surface area contributed by atoms with Crippen LogP contribution in [0.5, 0.6) is 5.75 Å². The molecule has 0 atom stereocenters. The van der Waals surface area contributed by atoms with Gasteiger partial charge in [-0.2, -0.15) is 20.5 Å². The second-order valence-corrected chi connectivity index (χ2v) is 7.61. The van der Waals surface area contributed by atoms with Crippen molar-refractivity contribution in [3.05, 3.63) is 53.6 Å². The Balaban J connectivity index is 0.000000360. The Bertz CT molecular complexity index is 855. The van der Waals surface area contributed by atoms with E-state index in [0.717, 1.165) is 0 Å². The van der Waals surface area contributed by atoms with Crippen LogP contribution in [0, 0.1) is 0 Å². The Hall–Kier alpha value is -2.65. The number of primary amides is 1. The van der Waals surface area contributed by atoms with Gasteiger partial charge in [0.15, 0.2) is 0 Å². The summed E-state index contributed by atoms with van der Waals surface area (Å²) in [5, 5.41) is 6.13. The van der Waals surface area contributed by atoms with Gasteiger partial charge in [-0.1, -0.05) is 6.07 Å². The van der Waals surface area contributed by atoms with E-state index in [4.69, 9.17) is 5.73 Å². The molecule has 0 radical (unpaired) electrons. The summed E-state index contributed by atoms with van der Waals surface area (Å²) in [6, 6.07) is 10.2. The van der Waals surface area contributed by atoms with Crippen molar-refractivity contribution in [3.63, 3.8) is 0 Å². The number of carbonyl (C=O) groups excluding carboxylic acids is 2. The third-order valence-electron chi connectivity index (χ3n) is 4.23. The smallest absolute Gasteiger partial charge is 0.387 e.